The highest BCUT2D eigenvalue weighted by atomic mass is 32.2. The Hall–Kier alpha value is -0.440. The third-order valence-electron chi connectivity index (χ3n) is 1.30. The van der Waals surface area contributed by atoms with E-state index in [1.165, 1.54) is 0 Å². The van der Waals surface area contributed by atoms with Crippen LogP contribution < -0.4 is 0 Å². The van der Waals surface area contributed by atoms with Crippen LogP contribution in [0.2, 0.25) is 0 Å². The summed E-state index contributed by atoms with van der Waals surface area (Å²) in [5, 5.41) is 0. The maximum absolute atomic E-state index is 4.18. The summed E-state index contributed by atoms with van der Waals surface area (Å²) in [4.78, 5) is 7.37. The van der Waals surface area contributed by atoms with Crippen LogP contribution in [0, 0.1) is 6.92 Å². The number of imidazole rings is 1. The monoisotopic (exact) mass is 156 g/mol. The highest BCUT2D eigenvalue weighted by molar-refractivity contribution is 7.98. The average molecular weight is 156 g/mol. The minimum absolute atomic E-state index is 1.05. The Morgan fingerprint density at radius 2 is 2.50 bits per heavy atom. The van der Waals surface area contributed by atoms with E-state index in [1.54, 1.807) is 0 Å². The van der Waals surface area contributed by atoms with Crippen molar-refractivity contribution in [2.75, 3.05) is 12.0 Å². The van der Waals surface area contributed by atoms with Gasteiger partial charge in [-0.25, -0.2) is 4.98 Å². The topological polar surface area (TPSA) is 28.7 Å². The molecule has 1 aromatic rings. The van der Waals surface area contributed by atoms with E-state index in [9.17, 15) is 0 Å². The third-order valence-corrected chi connectivity index (χ3v) is 1.91. The minimum Gasteiger partial charge on any atom is -0.346 e. The van der Waals surface area contributed by atoms with Gasteiger partial charge < -0.3 is 4.98 Å². The van der Waals surface area contributed by atoms with Crippen molar-refractivity contribution in [1.29, 1.82) is 0 Å². The van der Waals surface area contributed by atoms with Crippen molar-refractivity contribution in [3.63, 3.8) is 0 Å². The van der Waals surface area contributed by atoms with Crippen LogP contribution in [0.5, 0.6) is 0 Å². The van der Waals surface area contributed by atoms with Gasteiger partial charge in [0.05, 0.1) is 0 Å². The quantitative estimate of drug-likeness (QED) is 0.720. The zero-order valence-corrected chi connectivity index (χ0v) is 7.16. The SMILES string of the molecule is CSCCc1ncc(C)[nH]1. The van der Waals surface area contributed by atoms with Crippen molar-refractivity contribution in [3.8, 4) is 0 Å². The van der Waals surface area contributed by atoms with Crippen LogP contribution >= 0.6 is 11.8 Å². The molecule has 3 heteroatoms. The van der Waals surface area contributed by atoms with Gasteiger partial charge in [-0.05, 0) is 13.2 Å². The molecule has 0 radical (unpaired) electrons. The molecule has 0 aliphatic heterocycles. The first kappa shape index (κ1) is 7.66. The first-order valence-electron chi connectivity index (χ1n) is 3.32. The molecule has 0 spiro atoms. The smallest absolute Gasteiger partial charge is 0.107 e. The zero-order chi connectivity index (χ0) is 7.40. The molecule has 0 atom stereocenters. The van der Waals surface area contributed by atoms with Crippen molar-refractivity contribution in [1.82, 2.24) is 9.97 Å². The van der Waals surface area contributed by atoms with Gasteiger partial charge in [-0.1, -0.05) is 0 Å². The van der Waals surface area contributed by atoms with Gasteiger partial charge in [0, 0.05) is 24.1 Å². The summed E-state index contributed by atoms with van der Waals surface area (Å²) in [7, 11) is 0. The Bertz CT molecular complexity index is 195. The first-order valence-corrected chi connectivity index (χ1v) is 4.71. The van der Waals surface area contributed by atoms with Gasteiger partial charge in [0.25, 0.3) is 0 Å². The third kappa shape index (κ3) is 2.06. The molecule has 0 saturated carbocycles. The molecule has 0 fully saturated rings. The summed E-state index contributed by atoms with van der Waals surface area (Å²) in [6, 6.07) is 0. The molecule has 1 heterocycles. The average Bonchev–Trinajstić information content (AvgIpc) is 2.31. The van der Waals surface area contributed by atoms with Crippen molar-refractivity contribution in [2.45, 2.75) is 13.3 Å². The summed E-state index contributed by atoms with van der Waals surface area (Å²) >= 11 is 1.85. The largest absolute Gasteiger partial charge is 0.346 e. The van der Waals surface area contributed by atoms with Crippen LogP contribution in [0.15, 0.2) is 6.20 Å². The molecule has 0 saturated heterocycles. The number of aryl methyl sites for hydroxylation is 2. The highest BCUT2D eigenvalue weighted by Crippen LogP contribution is 2.00. The van der Waals surface area contributed by atoms with Crippen molar-refractivity contribution in [2.24, 2.45) is 0 Å². The Morgan fingerprint density at radius 1 is 1.70 bits per heavy atom. The van der Waals surface area contributed by atoms with E-state index in [4.69, 9.17) is 0 Å². The number of thioether (sulfide) groups is 1. The van der Waals surface area contributed by atoms with Crippen LogP contribution in [0.4, 0.5) is 0 Å². The maximum atomic E-state index is 4.18. The number of hydrogen-bond donors (Lipinski definition) is 1. The fourth-order valence-electron chi connectivity index (χ4n) is 0.793. The standard InChI is InChI=1S/C7H12N2S/c1-6-5-8-7(9-6)3-4-10-2/h5H,3-4H2,1-2H3,(H,8,9). The molecular weight excluding hydrogens is 144 g/mol. The number of nitrogens with one attached hydrogen (secondary N) is 1. The van der Waals surface area contributed by atoms with E-state index in [0.29, 0.717) is 0 Å². The second kappa shape index (κ2) is 3.66. The molecule has 0 amide bonds. The minimum atomic E-state index is 1.05. The Balaban J connectivity index is 2.42. The number of hydrogen-bond acceptors (Lipinski definition) is 2. The predicted molar refractivity (Wildman–Crippen MR) is 45.4 cm³/mol. The van der Waals surface area contributed by atoms with Gasteiger partial charge in [-0.15, -0.1) is 0 Å². The highest BCUT2D eigenvalue weighted by Gasteiger charge is 1.94. The molecule has 0 unspecified atom stereocenters. The number of aromatic nitrogens is 2. The maximum Gasteiger partial charge on any atom is 0.107 e. The molecule has 1 aromatic heterocycles. The Morgan fingerprint density at radius 3 is 3.00 bits per heavy atom. The molecule has 1 rings (SSSR count). The Labute approximate surface area is 65.4 Å². The van der Waals surface area contributed by atoms with Crippen LogP contribution in [0.3, 0.4) is 0 Å². The van der Waals surface area contributed by atoms with E-state index in [-0.39, 0.29) is 0 Å². The zero-order valence-electron chi connectivity index (χ0n) is 6.35. The lowest BCUT2D eigenvalue weighted by Gasteiger charge is -1.91. The molecule has 1 N–H and O–H groups in total. The lowest BCUT2D eigenvalue weighted by Crippen LogP contribution is -1.89. The molecule has 0 aliphatic carbocycles. The van der Waals surface area contributed by atoms with Gasteiger partial charge in [0.1, 0.15) is 5.82 Å². The van der Waals surface area contributed by atoms with Crippen LogP contribution in [0.25, 0.3) is 0 Å². The second-order valence-corrected chi connectivity index (χ2v) is 3.24. The Kier molecular flexibility index (Phi) is 2.81. The summed E-state index contributed by atoms with van der Waals surface area (Å²) in [5.41, 5.74) is 1.15. The van der Waals surface area contributed by atoms with E-state index in [0.717, 1.165) is 23.7 Å². The van der Waals surface area contributed by atoms with E-state index in [2.05, 4.69) is 16.2 Å². The summed E-state index contributed by atoms with van der Waals surface area (Å²) in [5.74, 6) is 2.25. The van der Waals surface area contributed by atoms with Gasteiger partial charge >= 0.3 is 0 Å². The molecule has 0 aromatic carbocycles. The molecule has 2 nitrogen and oxygen atoms in total. The molecule has 0 aliphatic rings. The molecular formula is C7H12N2S. The summed E-state index contributed by atoms with van der Waals surface area (Å²) < 4.78 is 0. The van der Waals surface area contributed by atoms with Crippen LogP contribution in [-0.2, 0) is 6.42 Å². The lowest BCUT2D eigenvalue weighted by molar-refractivity contribution is 0.992. The van der Waals surface area contributed by atoms with Crippen molar-refractivity contribution >= 4 is 11.8 Å². The van der Waals surface area contributed by atoms with Gasteiger partial charge in [0.15, 0.2) is 0 Å². The number of nitrogens with zero attached hydrogens (tertiary/aromatic N) is 1. The first-order chi connectivity index (χ1) is 4.83. The van der Waals surface area contributed by atoms with Gasteiger partial charge in [-0.2, -0.15) is 11.8 Å². The van der Waals surface area contributed by atoms with E-state index in [1.807, 2.05) is 24.9 Å². The summed E-state index contributed by atoms with van der Waals surface area (Å²) in [6.45, 7) is 2.02. The normalized spacial score (nSPS) is 10.2. The van der Waals surface area contributed by atoms with E-state index >= 15 is 0 Å². The number of H-pyrrole nitrogens is 1. The second-order valence-electron chi connectivity index (χ2n) is 2.26. The van der Waals surface area contributed by atoms with Crippen LogP contribution in [0.1, 0.15) is 11.5 Å². The summed E-state index contributed by atoms with van der Waals surface area (Å²) in [6.07, 6.45) is 5.03. The predicted octanol–water partition coefficient (Wildman–Crippen LogP) is 1.62. The van der Waals surface area contributed by atoms with Gasteiger partial charge in [0.2, 0.25) is 0 Å². The number of aromatic amines is 1. The van der Waals surface area contributed by atoms with Crippen LogP contribution in [-0.4, -0.2) is 22.0 Å². The molecule has 10 heavy (non-hydrogen) atoms. The fourth-order valence-corrected chi connectivity index (χ4v) is 1.19. The van der Waals surface area contributed by atoms with Crippen molar-refractivity contribution < 1.29 is 0 Å². The van der Waals surface area contributed by atoms with E-state index < -0.39 is 0 Å². The van der Waals surface area contributed by atoms with Gasteiger partial charge in [-0.3, -0.25) is 0 Å². The molecule has 0 bridgehead atoms. The fraction of sp³-hybridized carbons (Fsp3) is 0.571. The molecule has 56 valence electrons. The number of rotatable bonds is 3. The lowest BCUT2D eigenvalue weighted by atomic mass is 10.5. The van der Waals surface area contributed by atoms with Crippen molar-refractivity contribution in [3.05, 3.63) is 17.7 Å².